The molecule has 0 aromatic heterocycles. The summed E-state index contributed by atoms with van der Waals surface area (Å²) in [5, 5.41) is 10.8. The second-order valence-corrected chi connectivity index (χ2v) is 9.87. The van der Waals surface area contributed by atoms with Crippen LogP contribution < -0.4 is 0 Å². The molecule has 6 aromatic carbocycles. The molecule has 0 fully saturated rings. The van der Waals surface area contributed by atoms with Crippen LogP contribution in [0.1, 0.15) is 31.9 Å². The lowest BCUT2D eigenvalue weighted by molar-refractivity contribution is 0.596. The summed E-state index contributed by atoms with van der Waals surface area (Å²) in [6.07, 6.45) is 0. The van der Waals surface area contributed by atoms with Gasteiger partial charge in [-0.2, -0.15) is 0 Å². The molecule has 6 rings (SSSR count). The first kappa shape index (κ1) is 18.4. The summed E-state index contributed by atoms with van der Waals surface area (Å²) >= 11 is 0. The van der Waals surface area contributed by atoms with Crippen molar-refractivity contribution in [3.8, 4) is 11.1 Å². The topological polar surface area (TPSA) is 0 Å². The fraction of sp³-hybridized carbons (Fsp3) is 0.161. The monoisotopic (exact) mass is 398 g/mol. The molecule has 0 amide bonds. The van der Waals surface area contributed by atoms with Crippen molar-refractivity contribution < 1.29 is 0 Å². The summed E-state index contributed by atoms with van der Waals surface area (Å²) in [5.74, 6) is 0. The van der Waals surface area contributed by atoms with Gasteiger partial charge in [0, 0.05) is 0 Å². The third-order valence-electron chi connectivity index (χ3n) is 6.90. The highest BCUT2D eigenvalue weighted by Gasteiger charge is 2.20. The number of benzene rings is 6. The van der Waals surface area contributed by atoms with Crippen molar-refractivity contribution in [1.82, 2.24) is 0 Å². The third kappa shape index (κ3) is 2.61. The molecule has 0 unspecified atom stereocenters. The van der Waals surface area contributed by atoms with E-state index in [4.69, 9.17) is 0 Å². The molecular formula is C31H26. The largest absolute Gasteiger partial charge is 0.0616 e. The zero-order valence-electron chi connectivity index (χ0n) is 18.6. The fourth-order valence-corrected chi connectivity index (χ4v) is 5.37. The number of aryl methyl sites for hydroxylation is 1. The molecule has 0 atom stereocenters. The molecule has 0 nitrogen and oxygen atoms in total. The molecule has 0 heteroatoms. The van der Waals surface area contributed by atoms with Gasteiger partial charge in [0.25, 0.3) is 0 Å². The summed E-state index contributed by atoms with van der Waals surface area (Å²) in [6.45, 7) is 9.12. The van der Waals surface area contributed by atoms with Gasteiger partial charge in [-0.25, -0.2) is 0 Å². The van der Waals surface area contributed by atoms with E-state index in [1.165, 1.54) is 65.3 Å². The Morgan fingerprint density at radius 3 is 1.77 bits per heavy atom. The number of rotatable bonds is 1. The van der Waals surface area contributed by atoms with Crippen LogP contribution in [-0.4, -0.2) is 0 Å². The van der Waals surface area contributed by atoms with E-state index < -0.39 is 0 Å². The minimum absolute atomic E-state index is 0.109. The predicted octanol–water partition coefficient (Wildman–Crippen LogP) is 9.01. The van der Waals surface area contributed by atoms with Crippen molar-refractivity contribution >= 4 is 43.1 Å². The van der Waals surface area contributed by atoms with Gasteiger partial charge in [0.2, 0.25) is 0 Å². The normalized spacial score (nSPS) is 12.5. The third-order valence-corrected chi connectivity index (χ3v) is 6.90. The lowest BCUT2D eigenvalue weighted by Gasteiger charge is -2.23. The fourth-order valence-electron chi connectivity index (χ4n) is 5.37. The lowest BCUT2D eigenvalue weighted by Crippen LogP contribution is -2.11. The Labute approximate surface area is 183 Å². The van der Waals surface area contributed by atoms with Gasteiger partial charge < -0.3 is 0 Å². The zero-order valence-corrected chi connectivity index (χ0v) is 18.6. The number of hydrogen-bond donors (Lipinski definition) is 0. The van der Waals surface area contributed by atoms with Crippen molar-refractivity contribution in [2.24, 2.45) is 0 Å². The summed E-state index contributed by atoms with van der Waals surface area (Å²) in [7, 11) is 0. The van der Waals surface area contributed by atoms with Gasteiger partial charge in [0.15, 0.2) is 0 Å². The Morgan fingerprint density at radius 1 is 0.484 bits per heavy atom. The summed E-state index contributed by atoms with van der Waals surface area (Å²) in [5.41, 5.74) is 5.49. The van der Waals surface area contributed by atoms with E-state index in [9.17, 15) is 0 Å². The van der Waals surface area contributed by atoms with Crippen LogP contribution >= 0.6 is 0 Å². The molecule has 0 radical (unpaired) electrons. The molecule has 0 saturated heterocycles. The Balaban J connectivity index is 1.78. The molecule has 0 aliphatic carbocycles. The van der Waals surface area contributed by atoms with Crippen LogP contribution in [0.2, 0.25) is 0 Å². The maximum atomic E-state index is 2.33. The van der Waals surface area contributed by atoms with Gasteiger partial charge in [-0.3, -0.25) is 0 Å². The smallest absolute Gasteiger partial charge is 0.00205 e. The quantitative estimate of drug-likeness (QED) is 0.242. The van der Waals surface area contributed by atoms with Crippen LogP contribution in [0, 0.1) is 6.92 Å². The van der Waals surface area contributed by atoms with E-state index in [-0.39, 0.29) is 5.41 Å². The van der Waals surface area contributed by atoms with Crippen LogP contribution in [0.4, 0.5) is 0 Å². The standard InChI is InChI=1S/C31H26/c1-19-9-14-24(23-8-6-5-7-22(19)23)25-15-10-20-12-17-27-28(31(2,3)4)18-13-21-11-16-26(25)29(20)30(21)27/h5-18H,1-4H3. The zero-order chi connectivity index (χ0) is 21.3. The maximum Gasteiger partial charge on any atom is -0.00205 e. The number of fused-ring (bicyclic) bond motifs is 1. The van der Waals surface area contributed by atoms with Gasteiger partial charge in [0.1, 0.15) is 0 Å². The Hall–Kier alpha value is -3.38. The molecular weight excluding hydrogens is 372 g/mol. The molecule has 150 valence electrons. The molecule has 0 N–H and O–H groups in total. The van der Waals surface area contributed by atoms with Crippen molar-refractivity contribution in [2.45, 2.75) is 33.1 Å². The second-order valence-electron chi connectivity index (χ2n) is 9.87. The molecule has 31 heavy (non-hydrogen) atoms. The molecule has 0 heterocycles. The van der Waals surface area contributed by atoms with Crippen molar-refractivity contribution in [3.63, 3.8) is 0 Å². The van der Waals surface area contributed by atoms with E-state index in [2.05, 4.69) is 113 Å². The average Bonchev–Trinajstić information content (AvgIpc) is 2.77. The summed E-state index contributed by atoms with van der Waals surface area (Å²) < 4.78 is 0. The predicted molar refractivity (Wildman–Crippen MR) is 137 cm³/mol. The summed E-state index contributed by atoms with van der Waals surface area (Å²) in [6, 6.07) is 31.8. The van der Waals surface area contributed by atoms with Crippen molar-refractivity contribution in [1.29, 1.82) is 0 Å². The molecule has 0 aliphatic rings. The van der Waals surface area contributed by atoms with E-state index >= 15 is 0 Å². The van der Waals surface area contributed by atoms with Gasteiger partial charge in [0.05, 0.1) is 0 Å². The van der Waals surface area contributed by atoms with Crippen LogP contribution in [0.3, 0.4) is 0 Å². The summed E-state index contributed by atoms with van der Waals surface area (Å²) in [4.78, 5) is 0. The first-order valence-electron chi connectivity index (χ1n) is 11.1. The second kappa shape index (κ2) is 6.31. The van der Waals surface area contributed by atoms with Crippen molar-refractivity contribution in [2.75, 3.05) is 0 Å². The Kier molecular flexibility index (Phi) is 3.74. The Morgan fingerprint density at radius 2 is 1.03 bits per heavy atom. The molecule has 0 saturated carbocycles. The first-order chi connectivity index (χ1) is 14.9. The van der Waals surface area contributed by atoms with Crippen LogP contribution in [0.15, 0.2) is 84.9 Å². The highest BCUT2D eigenvalue weighted by atomic mass is 14.2. The van der Waals surface area contributed by atoms with E-state index in [1.54, 1.807) is 0 Å². The van der Waals surface area contributed by atoms with Crippen LogP contribution in [0.5, 0.6) is 0 Å². The van der Waals surface area contributed by atoms with Gasteiger partial charge >= 0.3 is 0 Å². The van der Waals surface area contributed by atoms with Gasteiger partial charge in [-0.1, -0.05) is 106 Å². The highest BCUT2D eigenvalue weighted by molar-refractivity contribution is 6.26. The van der Waals surface area contributed by atoms with E-state index in [0.717, 1.165) is 0 Å². The van der Waals surface area contributed by atoms with E-state index in [1.807, 2.05) is 0 Å². The average molecular weight is 399 g/mol. The van der Waals surface area contributed by atoms with Crippen molar-refractivity contribution in [3.05, 3.63) is 96.1 Å². The minimum Gasteiger partial charge on any atom is -0.0616 e. The first-order valence-corrected chi connectivity index (χ1v) is 11.1. The molecule has 0 spiro atoms. The number of hydrogen-bond acceptors (Lipinski definition) is 0. The van der Waals surface area contributed by atoms with Gasteiger partial charge in [-0.05, 0) is 77.7 Å². The molecule has 0 aliphatic heterocycles. The van der Waals surface area contributed by atoms with Gasteiger partial charge in [-0.15, -0.1) is 0 Å². The minimum atomic E-state index is 0.109. The lowest BCUT2D eigenvalue weighted by atomic mass is 9.80. The molecule has 6 aromatic rings. The van der Waals surface area contributed by atoms with Crippen LogP contribution in [-0.2, 0) is 5.41 Å². The Bertz CT molecular complexity index is 1610. The van der Waals surface area contributed by atoms with Crippen LogP contribution in [0.25, 0.3) is 54.2 Å². The molecule has 0 bridgehead atoms. The highest BCUT2D eigenvalue weighted by Crippen LogP contribution is 2.43. The maximum absolute atomic E-state index is 2.33. The SMILES string of the molecule is Cc1ccc(-c2ccc3ccc4c(C(C)(C)C)ccc5ccc2c3c54)c2ccccc12. The van der Waals surface area contributed by atoms with E-state index in [0.29, 0.717) is 0 Å².